The van der Waals surface area contributed by atoms with E-state index in [0.717, 1.165) is 36.1 Å². The van der Waals surface area contributed by atoms with Crippen LogP contribution in [0.15, 0.2) is 36.4 Å². The second-order valence-corrected chi connectivity index (χ2v) is 10.5. The van der Waals surface area contributed by atoms with Crippen LogP contribution in [0.2, 0.25) is 10.0 Å². The van der Waals surface area contributed by atoms with E-state index in [1.54, 1.807) is 18.2 Å². The number of anilines is 1. The molecule has 0 saturated heterocycles. The monoisotopic (exact) mass is 437 g/mol. The molecule has 0 aromatic heterocycles. The molecule has 0 radical (unpaired) electrons. The van der Waals surface area contributed by atoms with Crippen LogP contribution in [-0.2, 0) is 31.6 Å². The summed E-state index contributed by atoms with van der Waals surface area (Å²) in [5, 5.41) is 0.745. The number of hydrogen-bond acceptors (Lipinski definition) is 3. The van der Waals surface area contributed by atoms with Crippen molar-refractivity contribution in [3.8, 4) is 0 Å². The molecule has 2 aliphatic rings. The summed E-state index contributed by atoms with van der Waals surface area (Å²) in [4.78, 5) is 14.7. The normalized spacial score (nSPS) is 17.2. The van der Waals surface area contributed by atoms with Crippen LogP contribution in [-0.4, -0.2) is 20.9 Å². The van der Waals surface area contributed by atoms with Crippen molar-refractivity contribution >= 4 is 44.6 Å². The van der Waals surface area contributed by atoms with Gasteiger partial charge in [0, 0.05) is 12.2 Å². The van der Waals surface area contributed by atoms with Crippen LogP contribution < -0.4 is 4.90 Å². The molecule has 0 atom stereocenters. The fourth-order valence-corrected chi connectivity index (χ4v) is 5.81. The number of carbonyl (C=O) groups excluding carboxylic acids is 1. The van der Waals surface area contributed by atoms with Crippen molar-refractivity contribution in [1.29, 1.82) is 0 Å². The van der Waals surface area contributed by atoms with Crippen molar-refractivity contribution in [3.05, 3.63) is 63.1 Å². The van der Waals surface area contributed by atoms with Gasteiger partial charge in [-0.05, 0) is 54.2 Å². The van der Waals surface area contributed by atoms with E-state index in [-0.39, 0.29) is 17.4 Å². The minimum absolute atomic E-state index is 0.0709. The summed E-state index contributed by atoms with van der Waals surface area (Å²) in [6.07, 6.45) is 2.58. The lowest BCUT2D eigenvalue weighted by Crippen LogP contribution is -2.32. The van der Waals surface area contributed by atoms with Crippen LogP contribution in [0.25, 0.3) is 0 Å². The number of sulfone groups is 1. The largest absolute Gasteiger partial charge is 0.311 e. The average molecular weight is 438 g/mol. The Morgan fingerprint density at radius 2 is 1.64 bits per heavy atom. The Bertz CT molecular complexity index is 1060. The van der Waals surface area contributed by atoms with E-state index in [4.69, 9.17) is 23.2 Å². The Balaban J connectivity index is 1.59. The molecule has 1 amide bonds. The number of carbonyl (C=O) groups is 1. The minimum Gasteiger partial charge on any atom is -0.311 e. The molecular weight excluding hydrogens is 417 g/mol. The van der Waals surface area contributed by atoms with E-state index in [0.29, 0.717) is 22.2 Å². The van der Waals surface area contributed by atoms with Crippen molar-refractivity contribution in [2.45, 2.75) is 43.1 Å². The molecule has 1 saturated carbocycles. The molecule has 1 heterocycles. The first-order valence-corrected chi connectivity index (χ1v) is 11.9. The minimum atomic E-state index is -3.39. The summed E-state index contributed by atoms with van der Waals surface area (Å²) >= 11 is 11.9. The first-order valence-electron chi connectivity index (χ1n) is 9.35. The van der Waals surface area contributed by atoms with Crippen molar-refractivity contribution in [2.24, 2.45) is 0 Å². The Labute approximate surface area is 175 Å². The van der Waals surface area contributed by atoms with Gasteiger partial charge >= 0.3 is 0 Å². The first-order chi connectivity index (χ1) is 13.3. The quantitative estimate of drug-likeness (QED) is 0.645. The number of amides is 1. The predicted octanol–water partition coefficient (Wildman–Crippen LogP) is 4.90. The highest BCUT2D eigenvalue weighted by Crippen LogP contribution is 2.57. The average Bonchev–Trinajstić information content (AvgIpc) is 3.40. The maximum Gasteiger partial charge on any atom is 0.237 e. The second kappa shape index (κ2) is 7.05. The Morgan fingerprint density at radius 3 is 2.25 bits per heavy atom. The van der Waals surface area contributed by atoms with Gasteiger partial charge in [0.25, 0.3) is 0 Å². The Hall–Kier alpha value is -1.56. The maximum absolute atomic E-state index is 12.8. The molecule has 2 aromatic rings. The zero-order chi connectivity index (χ0) is 20.1. The standard InChI is InChI=1S/C21H21Cl2NO3S/c1-2-9-24-19-6-4-14(10-16(19)21(7-8-21)20(24)25)12-28(26,27)13-15-3-5-17(22)18(23)11-15/h3-6,10-11H,2,7-9,12-13H2,1H3. The van der Waals surface area contributed by atoms with Crippen LogP contribution in [0.3, 0.4) is 0 Å². The smallest absolute Gasteiger partial charge is 0.237 e. The molecule has 1 aliphatic carbocycles. The van der Waals surface area contributed by atoms with Gasteiger partial charge in [-0.15, -0.1) is 0 Å². The van der Waals surface area contributed by atoms with Gasteiger partial charge in [-0.25, -0.2) is 8.42 Å². The zero-order valence-corrected chi connectivity index (χ0v) is 17.9. The van der Waals surface area contributed by atoms with E-state index >= 15 is 0 Å². The highest BCUT2D eigenvalue weighted by atomic mass is 35.5. The van der Waals surface area contributed by atoms with Gasteiger partial charge < -0.3 is 4.90 Å². The van der Waals surface area contributed by atoms with E-state index in [1.807, 2.05) is 23.1 Å². The van der Waals surface area contributed by atoms with Crippen LogP contribution in [0, 0.1) is 0 Å². The highest BCUT2D eigenvalue weighted by Gasteiger charge is 2.58. The molecule has 0 unspecified atom stereocenters. The van der Waals surface area contributed by atoms with Crippen LogP contribution in [0.1, 0.15) is 42.9 Å². The zero-order valence-electron chi connectivity index (χ0n) is 15.5. The lowest BCUT2D eigenvalue weighted by atomic mass is 9.96. The van der Waals surface area contributed by atoms with E-state index < -0.39 is 15.3 Å². The Kier molecular flexibility index (Phi) is 4.97. The van der Waals surface area contributed by atoms with E-state index in [2.05, 4.69) is 6.92 Å². The molecule has 1 aliphatic heterocycles. The topological polar surface area (TPSA) is 54.5 Å². The summed E-state index contributed by atoms with van der Waals surface area (Å²) in [7, 11) is -3.39. The molecule has 148 valence electrons. The third kappa shape index (κ3) is 3.44. The molecular formula is C21H21Cl2NO3S. The SMILES string of the molecule is CCCN1C(=O)C2(CC2)c2cc(CS(=O)(=O)Cc3ccc(Cl)c(Cl)c3)ccc21. The first kappa shape index (κ1) is 19.7. The molecule has 4 rings (SSSR count). The van der Waals surface area contributed by atoms with Crippen molar-refractivity contribution in [2.75, 3.05) is 11.4 Å². The van der Waals surface area contributed by atoms with Crippen molar-refractivity contribution in [3.63, 3.8) is 0 Å². The number of halogens is 2. The van der Waals surface area contributed by atoms with Crippen molar-refractivity contribution < 1.29 is 13.2 Å². The van der Waals surface area contributed by atoms with Gasteiger partial charge in [0.05, 0.1) is 27.0 Å². The molecule has 0 bridgehead atoms. The van der Waals surface area contributed by atoms with Crippen LogP contribution in [0.4, 0.5) is 5.69 Å². The fraction of sp³-hybridized carbons (Fsp3) is 0.381. The molecule has 0 N–H and O–H groups in total. The van der Waals surface area contributed by atoms with Gasteiger partial charge in [-0.2, -0.15) is 0 Å². The van der Waals surface area contributed by atoms with Crippen LogP contribution in [0.5, 0.6) is 0 Å². The molecule has 4 nitrogen and oxygen atoms in total. The maximum atomic E-state index is 12.8. The molecule has 28 heavy (non-hydrogen) atoms. The number of fused-ring (bicyclic) bond motifs is 2. The summed E-state index contributed by atoms with van der Waals surface area (Å²) in [5.41, 5.74) is 2.85. The lowest BCUT2D eigenvalue weighted by molar-refractivity contribution is -0.120. The highest BCUT2D eigenvalue weighted by molar-refractivity contribution is 7.89. The molecule has 1 spiro atoms. The number of rotatable bonds is 6. The van der Waals surface area contributed by atoms with Crippen molar-refractivity contribution in [1.82, 2.24) is 0 Å². The number of hydrogen-bond donors (Lipinski definition) is 0. The molecule has 7 heteroatoms. The third-order valence-corrected chi connectivity index (χ3v) is 7.76. The van der Waals surface area contributed by atoms with Gasteiger partial charge in [0.15, 0.2) is 9.84 Å². The van der Waals surface area contributed by atoms with Gasteiger partial charge in [-0.3, -0.25) is 4.79 Å². The Morgan fingerprint density at radius 1 is 1.00 bits per heavy atom. The fourth-order valence-electron chi connectivity index (χ4n) is 4.02. The van der Waals surface area contributed by atoms with Gasteiger partial charge in [-0.1, -0.05) is 48.3 Å². The number of benzene rings is 2. The van der Waals surface area contributed by atoms with E-state index in [1.165, 1.54) is 0 Å². The predicted molar refractivity (Wildman–Crippen MR) is 113 cm³/mol. The van der Waals surface area contributed by atoms with Gasteiger partial charge in [0.1, 0.15) is 0 Å². The molecule has 1 fully saturated rings. The molecule has 2 aromatic carbocycles. The summed E-state index contributed by atoms with van der Waals surface area (Å²) in [6.45, 7) is 2.75. The summed E-state index contributed by atoms with van der Waals surface area (Å²) in [5.74, 6) is -0.00820. The summed E-state index contributed by atoms with van der Waals surface area (Å²) < 4.78 is 25.4. The van der Waals surface area contributed by atoms with E-state index in [9.17, 15) is 13.2 Å². The third-order valence-electron chi connectivity index (χ3n) is 5.48. The summed E-state index contributed by atoms with van der Waals surface area (Å²) in [6, 6.07) is 10.5. The van der Waals surface area contributed by atoms with Crippen LogP contribution >= 0.6 is 23.2 Å². The lowest BCUT2D eigenvalue weighted by Gasteiger charge is -2.16. The van der Waals surface area contributed by atoms with Gasteiger partial charge in [0.2, 0.25) is 5.91 Å². The second-order valence-electron chi connectivity index (χ2n) is 7.67. The number of nitrogens with zero attached hydrogens (tertiary/aromatic N) is 1.